The maximum Gasteiger partial charge on any atom is 0.332 e. The zero-order chi connectivity index (χ0) is 22.1. The Labute approximate surface area is 185 Å². The Morgan fingerprint density at radius 3 is 2.10 bits per heavy atom. The standard InChI is InChI=1S/C22H15Cl2N3O4/c23-16-10-18(24)20-19(11-16)25(12-14-4-2-1-3-5-14)22(29)26(21(20)28)13-15-6-8-17(9-7-15)27(30)31/h1-11H,12-13H2. The second kappa shape index (κ2) is 8.37. The van der Waals surface area contributed by atoms with E-state index in [0.29, 0.717) is 16.1 Å². The summed E-state index contributed by atoms with van der Waals surface area (Å²) < 4.78 is 2.53. The Bertz CT molecular complexity index is 1410. The van der Waals surface area contributed by atoms with Gasteiger partial charge >= 0.3 is 5.69 Å². The van der Waals surface area contributed by atoms with Crippen molar-refractivity contribution in [2.24, 2.45) is 0 Å². The number of aromatic nitrogens is 2. The molecule has 156 valence electrons. The van der Waals surface area contributed by atoms with Crippen molar-refractivity contribution in [3.63, 3.8) is 0 Å². The summed E-state index contributed by atoms with van der Waals surface area (Å²) in [6.45, 7) is 0.159. The Morgan fingerprint density at radius 1 is 0.839 bits per heavy atom. The van der Waals surface area contributed by atoms with Crippen molar-refractivity contribution in [3.05, 3.63) is 119 Å². The summed E-state index contributed by atoms with van der Waals surface area (Å²) in [5.41, 5.74) is 0.621. The number of non-ortho nitro benzene ring substituents is 1. The van der Waals surface area contributed by atoms with E-state index in [4.69, 9.17) is 23.2 Å². The monoisotopic (exact) mass is 455 g/mol. The third kappa shape index (κ3) is 4.10. The van der Waals surface area contributed by atoms with Crippen LogP contribution < -0.4 is 11.2 Å². The zero-order valence-corrected chi connectivity index (χ0v) is 17.5. The number of halogens is 2. The van der Waals surface area contributed by atoms with Crippen LogP contribution in [0, 0.1) is 10.1 Å². The fourth-order valence-corrected chi connectivity index (χ4v) is 3.98. The lowest BCUT2D eigenvalue weighted by molar-refractivity contribution is -0.384. The van der Waals surface area contributed by atoms with Crippen molar-refractivity contribution < 1.29 is 4.92 Å². The van der Waals surface area contributed by atoms with E-state index in [9.17, 15) is 19.7 Å². The highest BCUT2D eigenvalue weighted by molar-refractivity contribution is 6.38. The molecule has 3 aromatic carbocycles. The molecule has 0 saturated carbocycles. The van der Waals surface area contributed by atoms with Crippen molar-refractivity contribution in [1.82, 2.24) is 9.13 Å². The largest absolute Gasteiger partial charge is 0.332 e. The Morgan fingerprint density at radius 2 is 1.45 bits per heavy atom. The quantitative estimate of drug-likeness (QED) is 0.328. The van der Waals surface area contributed by atoms with E-state index in [2.05, 4.69) is 0 Å². The number of nitro groups is 1. The van der Waals surface area contributed by atoms with Crippen LogP contribution in [0.25, 0.3) is 10.9 Å². The molecule has 0 bridgehead atoms. The molecule has 9 heteroatoms. The number of nitro benzene ring substituents is 1. The van der Waals surface area contributed by atoms with E-state index < -0.39 is 16.2 Å². The molecule has 1 aromatic heterocycles. The molecule has 4 aromatic rings. The normalized spacial score (nSPS) is 11.0. The molecule has 0 fully saturated rings. The summed E-state index contributed by atoms with van der Waals surface area (Å²) >= 11 is 12.5. The van der Waals surface area contributed by atoms with Gasteiger partial charge in [-0.3, -0.25) is 24.0 Å². The molecule has 0 aliphatic rings. The van der Waals surface area contributed by atoms with E-state index >= 15 is 0 Å². The number of rotatable bonds is 5. The van der Waals surface area contributed by atoms with Gasteiger partial charge in [0, 0.05) is 17.2 Å². The van der Waals surface area contributed by atoms with Crippen LogP contribution in [0.5, 0.6) is 0 Å². The van der Waals surface area contributed by atoms with Gasteiger partial charge in [-0.05, 0) is 23.3 Å². The molecule has 4 rings (SSSR count). The van der Waals surface area contributed by atoms with Crippen LogP contribution >= 0.6 is 23.2 Å². The molecule has 31 heavy (non-hydrogen) atoms. The second-order valence-corrected chi connectivity index (χ2v) is 7.79. The predicted octanol–water partition coefficient (Wildman–Crippen LogP) is 4.47. The minimum absolute atomic E-state index is 0.0562. The summed E-state index contributed by atoms with van der Waals surface area (Å²) in [5.74, 6) is 0. The van der Waals surface area contributed by atoms with Crippen molar-refractivity contribution in [2.45, 2.75) is 13.1 Å². The topological polar surface area (TPSA) is 87.1 Å². The molecule has 0 saturated heterocycles. The summed E-state index contributed by atoms with van der Waals surface area (Å²) in [6.07, 6.45) is 0. The first-order valence-corrected chi connectivity index (χ1v) is 10.0. The average molecular weight is 456 g/mol. The maximum absolute atomic E-state index is 13.3. The summed E-state index contributed by atoms with van der Waals surface area (Å²) in [6, 6.07) is 18.0. The third-order valence-corrected chi connectivity index (χ3v) is 5.43. The van der Waals surface area contributed by atoms with Gasteiger partial charge in [0.1, 0.15) is 0 Å². The molecule has 0 aliphatic heterocycles. The highest BCUT2D eigenvalue weighted by atomic mass is 35.5. The summed E-state index contributed by atoms with van der Waals surface area (Å²) in [4.78, 5) is 36.9. The zero-order valence-electron chi connectivity index (χ0n) is 16.0. The number of hydrogen-bond acceptors (Lipinski definition) is 4. The molecular formula is C22H15Cl2N3O4. The van der Waals surface area contributed by atoms with Gasteiger partial charge in [0.15, 0.2) is 0 Å². The molecule has 0 aliphatic carbocycles. The molecule has 0 N–H and O–H groups in total. The van der Waals surface area contributed by atoms with Gasteiger partial charge < -0.3 is 0 Å². The molecule has 1 heterocycles. The van der Waals surface area contributed by atoms with Crippen LogP contribution in [0.1, 0.15) is 11.1 Å². The minimum Gasteiger partial charge on any atom is -0.289 e. The van der Waals surface area contributed by atoms with Gasteiger partial charge in [-0.2, -0.15) is 0 Å². The number of fused-ring (bicyclic) bond motifs is 1. The van der Waals surface area contributed by atoms with Crippen molar-refractivity contribution in [1.29, 1.82) is 0 Å². The van der Waals surface area contributed by atoms with Crippen LogP contribution in [-0.4, -0.2) is 14.1 Å². The molecule has 0 unspecified atom stereocenters. The number of benzene rings is 3. The molecule has 0 amide bonds. The maximum atomic E-state index is 13.3. The Kier molecular flexibility index (Phi) is 5.63. The highest BCUT2D eigenvalue weighted by Gasteiger charge is 2.17. The van der Waals surface area contributed by atoms with Crippen molar-refractivity contribution >= 4 is 39.8 Å². The van der Waals surface area contributed by atoms with Crippen LogP contribution in [-0.2, 0) is 13.1 Å². The highest BCUT2D eigenvalue weighted by Crippen LogP contribution is 2.25. The summed E-state index contributed by atoms with van der Waals surface area (Å²) in [5, 5.41) is 11.5. The average Bonchev–Trinajstić information content (AvgIpc) is 2.74. The summed E-state index contributed by atoms with van der Waals surface area (Å²) in [7, 11) is 0. The molecular weight excluding hydrogens is 441 g/mol. The van der Waals surface area contributed by atoms with E-state index in [-0.39, 0.29) is 29.2 Å². The SMILES string of the molecule is O=c1c2c(Cl)cc(Cl)cc2n(Cc2ccccc2)c(=O)n1Cc1ccc([N+](=O)[O-])cc1. The first-order chi connectivity index (χ1) is 14.8. The molecule has 7 nitrogen and oxygen atoms in total. The number of hydrogen-bond donors (Lipinski definition) is 0. The predicted molar refractivity (Wildman–Crippen MR) is 120 cm³/mol. The van der Waals surface area contributed by atoms with Gasteiger partial charge in [0.05, 0.1) is 33.9 Å². The van der Waals surface area contributed by atoms with Gasteiger partial charge in [-0.25, -0.2) is 4.79 Å². The van der Waals surface area contributed by atoms with E-state index in [1.807, 2.05) is 30.3 Å². The van der Waals surface area contributed by atoms with Gasteiger partial charge in [-0.1, -0.05) is 65.7 Å². The lowest BCUT2D eigenvalue weighted by Gasteiger charge is -2.15. The smallest absolute Gasteiger partial charge is 0.289 e. The van der Waals surface area contributed by atoms with E-state index in [0.717, 1.165) is 10.1 Å². The Hall–Kier alpha value is -3.42. The lowest BCUT2D eigenvalue weighted by Crippen LogP contribution is -2.40. The number of nitrogens with zero attached hydrogens (tertiary/aromatic N) is 3. The Balaban J connectivity index is 1.92. The molecule has 0 radical (unpaired) electrons. The van der Waals surface area contributed by atoms with E-state index in [1.54, 1.807) is 6.07 Å². The fourth-order valence-electron chi connectivity index (χ4n) is 3.42. The fraction of sp³-hybridized carbons (Fsp3) is 0.0909. The lowest BCUT2D eigenvalue weighted by atomic mass is 10.2. The van der Waals surface area contributed by atoms with Crippen LogP contribution in [0.15, 0.2) is 76.3 Å². The minimum atomic E-state index is -0.552. The molecule has 0 spiro atoms. The van der Waals surface area contributed by atoms with Crippen LogP contribution in [0.4, 0.5) is 5.69 Å². The first-order valence-electron chi connectivity index (χ1n) is 9.25. The molecule has 0 atom stereocenters. The first kappa shape index (κ1) is 20.8. The van der Waals surface area contributed by atoms with Crippen molar-refractivity contribution in [3.8, 4) is 0 Å². The van der Waals surface area contributed by atoms with E-state index in [1.165, 1.54) is 34.9 Å². The third-order valence-electron chi connectivity index (χ3n) is 4.92. The van der Waals surface area contributed by atoms with Gasteiger partial charge in [0.25, 0.3) is 11.2 Å². The second-order valence-electron chi connectivity index (χ2n) is 6.95. The van der Waals surface area contributed by atoms with Crippen LogP contribution in [0.3, 0.4) is 0 Å². The van der Waals surface area contributed by atoms with Crippen molar-refractivity contribution in [2.75, 3.05) is 0 Å². The van der Waals surface area contributed by atoms with Crippen LogP contribution in [0.2, 0.25) is 10.0 Å². The van der Waals surface area contributed by atoms with Gasteiger partial charge in [0.2, 0.25) is 0 Å². The van der Waals surface area contributed by atoms with Gasteiger partial charge in [-0.15, -0.1) is 0 Å².